The van der Waals surface area contributed by atoms with Crippen molar-refractivity contribution in [3.8, 4) is 17.1 Å². The number of rotatable bonds is 8. The summed E-state index contributed by atoms with van der Waals surface area (Å²) in [5, 5.41) is 12.3. The summed E-state index contributed by atoms with van der Waals surface area (Å²) in [4.78, 5) is 28.6. The third-order valence-corrected chi connectivity index (χ3v) is 4.29. The van der Waals surface area contributed by atoms with Gasteiger partial charge in [0.15, 0.2) is 5.82 Å². The first kappa shape index (κ1) is 20.8. The van der Waals surface area contributed by atoms with Gasteiger partial charge in [-0.15, -0.1) is 0 Å². The molecule has 0 aliphatic heterocycles. The van der Waals surface area contributed by atoms with E-state index in [1.54, 1.807) is 20.1 Å². The normalized spacial score (nSPS) is 11.8. The second-order valence-corrected chi connectivity index (χ2v) is 6.53. The van der Waals surface area contributed by atoms with E-state index in [0.717, 1.165) is 16.9 Å². The maximum Gasteiger partial charge on any atom is 0.244 e. The summed E-state index contributed by atoms with van der Waals surface area (Å²) in [6.07, 6.45) is 3.09. The molecular formula is C22H23N5O3. The molecule has 3 aromatic rings. The molecule has 0 saturated heterocycles. The summed E-state index contributed by atoms with van der Waals surface area (Å²) in [6, 6.07) is 16.1. The zero-order valence-corrected chi connectivity index (χ0v) is 16.8. The van der Waals surface area contributed by atoms with Crippen molar-refractivity contribution in [1.29, 1.82) is 0 Å². The molecule has 2 amide bonds. The first-order valence-electron chi connectivity index (χ1n) is 9.42. The Morgan fingerprint density at radius 1 is 1.13 bits per heavy atom. The number of amides is 2. The molecule has 154 valence electrons. The number of nitrogens with one attached hydrogen (secondary N) is 3. The van der Waals surface area contributed by atoms with Crippen LogP contribution in [0.3, 0.4) is 0 Å². The number of aromatic amines is 1. The number of H-pyrrole nitrogens is 1. The second-order valence-electron chi connectivity index (χ2n) is 6.53. The predicted octanol–water partition coefficient (Wildman–Crippen LogP) is 2.31. The predicted molar refractivity (Wildman–Crippen MR) is 113 cm³/mol. The van der Waals surface area contributed by atoms with Crippen molar-refractivity contribution < 1.29 is 14.3 Å². The lowest BCUT2D eigenvalue weighted by atomic mass is 10.2. The fourth-order valence-corrected chi connectivity index (χ4v) is 2.63. The number of carbonyl (C=O) groups excluding carboxylic acids is 2. The van der Waals surface area contributed by atoms with Crippen molar-refractivity contribution in [2.75, 3.05) is 7.11 Å². The van der Waals surface area contributed by atoms with E-state index in [9.17, 15) is 9.59 Å². The van der Waals surface area contributed by atoms with E-state index in [4.69, 9.17) is 4.74 Å². The SMILES string of the molecule is COc1ccc(-c2n[nH]c(CNC(=O)C(C)NC(=O)/C=C/c3ccccc3)n2)cc1. The number of hydrogen-bond acceptors (Lipinski definition) is 5. The van der Waals surface area contributed by atoms with E-state index in [-0.39, 0.29) is 18.4 Å². The van der Waals surface area contributed by atoms with Gasteiger partial charge in [0.05, 0.1) is 13.7 Å². The first-order valence-corrected chi connectivity index (χ1v) is 9.42. The number of ether oxygens (including phenoxy) is 1. The lowest BCUT2D eigenvalue weighted by Crippen LogP contribution is -2.44. The maximum atomic E-state index is 12.2. The highest BCUT2D eigenvalue weighted by molar-refractivity contribution is 5.95. The Balaban J connectivity index is 1.48. The number of hydrogen-bond donors (Lipinski definition) is 3. The second kappa shape index (κ2) is 10.0. The number of nitrogens with zero attached hydrogens (tertiary/aromatic N) is 2. The molecule has 3 rings (SSSR count). The summed E-state index contributed by atoms with van der Waals surface area (Å²) in [7, 11) is 1.60. The van der Waals surface area contributed by atoms with Crippen LogP contribution in [0.1, 0.15) is 18.3 Å². The Hall–Kier alpha value is -3.94. The van der Waals surface area contributed by atoms with Crippen molar-refractivity contribution >= 4 is 17.9 Å². The van der Waals surface area contributed by atoms with Gasteiger partial charge in [0.1, 0.15) is 17.6 Å². The van der Waals surface area contributed by atoms with Crippen LogP contribution in [-0.4, -0.2) is 40.1 Å². The molecule has 1 unspecified atom stereocenters. The van der Waals surface area contributed by atoms with Crippen LogP contribution < -0.4 is 15.4 Å². The minimum Gasteiger partial charge on any atom is -0.497 e. The van der Waals surface area contributed by atoms with E-state index >= 15 is 0 Å². The Morgan fingerprint density at radius 2 is 1.87 bits per heavy atom. The Bertz CT molecular complexity index is 1010. The highest BCUT2D eigenvalue weighted by Crippen LogP contribution is 2.18. The summed E-state index contributed by atoms with van der Waals surface area (Å²) in [5.41, 5.74) is 1.73. The monoisotopic (exact) mass is 405 g/mol. The molecule has 0 spiro atoms. The maximum absolute atomic E-state index is 12.2. The smallest absolute Gasteiger partial charge is 0.244 e. The van der Waals surface area contributed by atoms with E-state index in [2.05, 4.69) is 25.8 Å². The van der Waals surface area contributed by atoms with Crippen LogP contribution in [0.15, 0.2) is 60.7 Å². The van der Waals surface area contributed by atoms with Crippen LogP contribution >= 0.6 is 0 Å². The van der Waals surface area contributed by atoms with Gasteiger partial charge in [-0.05, 0) is 42.8 Å². The zero-order chi connectivity index (χ0) is 21.3. The molecule has 0 aliphatic rings. The van der Waals surface area contributed by atoms with Gasteiger partial charge < -0.3 is 15.4 Å². The lowest BCUT2D eigenvalue weighted by molar-refractivity contribution is -0.126. The van der Waals surface area contributed by atoms with Crippen molar-refractivity contribution in [3.63, 3.8) is 0 Å². The molecule has 0 aliphatic carbocycles. The van der Waals surface area contributed by atoms with Crippen molar-refractivity contribution in [3.05, 3.63) is 72.1 Å². The van der Waals surface area contributed by atoms with Crippen LogP contribution in [0.2, 0.25) is 0 Å². The van der Waals surface area contributed by atoms with Crippen LogP contribution in [0.5, 0.6) is 5.75 Å². The van der Waals surface area contributed by atoms with Gasteiger partial charge in [-0.1, -0.05) is 30.3 Å². The Labute approximate surface area is 174 Å². The summed E-state index contributed by atoms with van der Waals surface area (Å²) < 4.78 is 5.13. The number of benzene rings is 2. The van der Waals surface area contributed by atoms with Gasteiger partial charge in [0.2, 0.25) is 11.8 Å². The Morgan fingerprint density at radius 3 is 2.57 bits per heavy atom. The quantitative estimate of drug-likeness (QED) is 0.498. The van der Waals surface area contributed by atoms with Crippen LogP contribution in [-0.2, 0) is 16.1 Å². The van der Waals surface area contributed by atoms with Crippen LogP contribution in [0, 0.1) is 0 Å². The molecule has 1 aromatic heterocycles. The Kier molecular flexibility index (Phi) is 6.94. The third-order valence-electron chi connectivity index (χ3n) is 4.29. The van der Waals surface area contributed by atoms with Gasteiger partial charge in [-0.3, -0.25) is 14.7 Å². The van der Waals surface area contributed by atoms with Gasteiger partial charge in [-0.2, -0.15) is 5.10 Å². The molecule has 0 radical (unpaired) electrons. The number of carbonyl (C=O) groups is 2. The van der Waals surface area contributed by atoms with Gasteiger partial charge in [0.25, 0.3) is 0 Å². The minimum absolute atomic E-state index is 0.169. The van der Waals surface area contributed by atoms with E-state index in [1.807, 2.05) is 54.6 Å². The highest BCUT2D eigenvalue weighted by Gasteiger charge is 2.15. The fourth-order valence-electron chi connectivity index (χ4n) is 2.63. The fraction of sp³-hybridized carbons (Fsp3) is 0.182. The van der Waals surface area contributed by atoms with Gasteiger partial charge >= 0.3 is 0 Å². The average molecular weight is 405 g/mol. The average Bonchev–Trinajstić information content (AvgIpc) is 3.26. The van der Waals surface area contributed by atoms with Crippen molar-refractivity contribution in [2.24, 2.45) is 0 Å². The van der Waals surface area contributed by atoms with E-state index in [0.29, 0.717) is 11.6 Å². The van der Waals surface area contributed by atoms with E-state index in [1.165, 1.54) is 6.08 Å². The molecule has 1 atom stereocenters. The topological polar surface area (TPSA) is 109 Å². The van der Waals surface area contributed by atoms with Gasteiger partial charge in [0, 0.05) is 11.6 Å². The molecule has 8 nitrogen and oxygen atoms in total. The lowest BCUT2D eigenvalue weighted by Gasteiger charge is -2.12. The number of aromatic nitrogens is 3. The van der Waals surface area contributed by atoms with Gasteiger partial charge in [-0.25, -0.2) is 4.98 Å². The van der Waals surface area contributed by atoms with Crippen LogP contribution in [0.25, 0.3) is 17.5 Å². The minimum atomic E-state index is -0.693. The molecule has 0 fully saturated rings. The first-order chi connectivity index (χ1) is 14.5. The molecule has 2 aromatic carbocycles. The highest BCUT2D eigenvalue weighted by atomic mass is 16.5. The third kappa shape index (κ3) is 5.78. The summed E-state index contributed by atoms with van der Waals surface area (Å²) >= 11 is 0. The van der Waals surface area contributed by atoms with Crippen LogP contribution in [0.4, 0.5) is 0 Å². The molecular weight excluding hydrogens is 382 g/mol. The molecule has 3 N–H and O–H groups in total. The number of methoxy groups -OCH3 is 1. The zero-order valence-electron chi connectivity index (χ0n) is 16.8. The van der Waals surface area contributed by atoms with Crippen molar-refractivity contribution in [1.82, 2.24) is 25.8 Å². The van der Waals surface area contributed by atoms with E-state index < -0.39 is 6.04 Å². The molecule has 0 bridgehead atoms. The molecule has 8 heteroatoms. The summed E-state index contributed by atoms with van der Waals surface area (Å²) in [6.45, 7) is 1.79. The largest absolute Gasteiger partial charge is 0.497 e. The molecule has 30 heavy (non-hydrogen) atoms. The standard InChI is InChI=1S/C22H23N5O3/c1-15(24-20(28)13-8-16-6-4-3-5-7-16)22(29)23-14-19-25-21(27-26-19)17-9-11-18(30-2)12-10-17/h3-13,15H,14H2,1-2H3,(H,23,29)(H,24,28)(H,25,26,27)/b13-8+. The molecule has 1 heterocycles. The van der Waals surface area contributed by atoms with Crippen molar-refractivity contribution in [2.45, 2.75) is 19.5 Å². The molecule has 0 saturated carbocycles. The summed E-state index contributed by atoms with van der Waals surface area (Å²) in [5.74, 6) is 1.12.